The van der Waals surface area contributed by atoms with Gasteiger partial charge in [0.05, 0.1) is 16.2 Å². The minimum absolute atomic E-state index is 0.0973. The van der Waals surface area contributed by atoms with Crippen LogP contribution < -0.4 is 0 Å². The van der Waals surface area contributed by atoms with Crippen LogP contribution in [-0.4, -0.2) is 43.7 Å². The molecule has 0 aliphatic carbocycles. The fourth-order valence-electron chi connectivity index (χ4n) is 3.74. The zero-order valence-corrected chi connectivity index (χ0v) is 14.4. The molecule has 2 heterocycles. The summed E-state index contributed by atoms with van der Waals surface area (Å²) in [6, 6.07) is 17.6. The summed E-state index contributed by atoms with van der Waals surface area (Å²) in [6.45, 7) is 0.605. The number of ether oxygens (including phenoxy) is 1. The molecule has 0 bridgehead atoms. The van der Waals surface area contributed by atoms with E-state index < -0.39 is 21.1 Å². The topological polar surface area (TPSA) is 63.7 Å². The van der Waals surface area contributed by atoms with Gasteiger partial charge in [0.1, 0.15) is 12.6 Å². The number of nitrogens with zero attached hydrogens (tertiary/aromatic N) is 1. The molecule has 2 fully saturated rings. The first-order valence-corrected chi connectivity index (χ1v) is 9.88. The van der Waals surface area contributed by atoms with Crippen LogP contribution in [0.15, 0.2) is 65.6 Å². The first-order chi connectivity index (χ1) is 12.1. The van der Waals surface area contributed by atoms with E-state index in [0.717, 1.165) is 5.56 Å². The van der Waals surface area contributed by atoms with Crippen LogP contribution in [0.25, 0.3) is 0 Å². The Balaban J connectivity index is 1.65. The molecule has 0 aromatic heterocycles. The van der Waals surface area contributed by atoms with E-state index in [0.29, 0.717) is 11.4 Å². The predicted octanol–water partition coefficient (Wildman–Crippen LogP) is 2.20. The lowest BCUT2D eigenvalue weighted by Gasteiger charge is -2.36. The van der Waals surface area contributed by atoms with Gasteiger partial charge in [0.25, 0.3) is 0 Å². The monoisotopic (exact) mass is 357 g/mol. The van der Waals surface area contributed by atoms with Gasteiger partial charge in [-0.15, -0.1) is 0 Å². The summed E-state index contributed by atoms with van der Waals surface area (Å²) in [4.78, 5) is 14.5. The second kappa shape index (κ2) is 6.28. The van der Waals surface area contributed by atoms with Gasteiger partial charge in [-0.05, 0) is 24.1 Å². The second-order valence-corrected chi connectivity index (χ2v) is 8.71. The van der Waals surface area contributed by atoms with Crippen molar-refractivity contribution in [3.63, 3.8) is 0 Å². The van der Waals surface area contributed by atoms with Crippen molar-refractivity contribution in [1.29, 1.82) is 0 Å². The van der Waals surface area contributed by atoms with E-state index in [9.17, 15) is 13.2 Å². The summed E-state index contributed by atoms with van der Waals surface area (Å²) in [5.41, 5.74) is 1.04. The van der Waals surface area contributed by atoms with Gasteiger partial charge in [0.2, 0.25) is 0 Å². The Labute approximate surface area is 147 Å². The zero-order valence-electron chi connectivity index (χ0n) is 13.6. The van der Waals surface area contributed by atoms with E-state index in [1.165, 1.54) is 0 Å². The molecule has 0 saturated carbocycles. The Morgan fingerprint density at radius 1 is 0.920 bits per heavy atom. The summed E-state index contributed by atoms with van der Waals surface area (Å²) < 4.78 is 31.2. The van der Waals surface area contributed by atoms with Crippen LogP contribution in [0.3, 0.4) is 0 Å². The molecule has 2 aromatic carbocycles. The van der Waals surface area contributed by atoms with Crippen LogP contribution in [0.2, 0.25) is 0 Å². The normalized spacial score (nSPS) is 26.9. The van der Waals surface area contributed by atoms with Gasteiger partial charge in [0, 0.05) is 6.54 Å². The molecule has 5 nitrogen and oxygen atoms in total. The van der Waals surface area contributed by atoms with Gasteiger partial charge in [0.15, 0.2) is 9.84 Å². The molecule has 2 aliphatic rings. The van der Waals surface area contributed by atoms with Crippen LogP contribution in [0, 0.1) is 0 Å². The molecular formula is C19H19NO4S. The van der Waals surface area contributed by atoms with E-state index in [4.69, 9.17) is 4.74 Å². The number of cyclic esters (lactones) is 1. The highest BCUT2D eigenvalue weighted by molar-refractivity contribution is 7.92. The first-order valence-electron chi connectivity index (χ1n) is 8.33. The van der Waals surface area contributed by atoms with Crippen LogP contribution >= 0.6 is 0 Å². The summed E-state index contributed by atoms with van der Waals surface area (Å²) >= 11 is 0. The maximum Gasteiger partial charge on any atom is 0.323 e. The number of esters is 1. The first kappa shape index (κ1) is 16.3. The third kappa shape index (κ3) is 2.85. The van der Waals surface area contributed by atoms with Crippen molar-refractivity contribution in [2.45, 2.75) is 28.6 Å². The Morgan fingerprint density at radius 3 is 2.24 bits per heavy atom. The van der Waals surface area contributed by atoms with E-state index in [-0.39, 0.29) is 25.0 Å². The molecule has 0 spiro atoms. The van der Waals surface area contributed by atoms with Crippen molar-refractivity contribution >= 4 is 15.8 Å². The minimum Gasteiger partial charge on any atom is -0.462 e. The smallest absolute Gasteiger partial charge is 0.323 e. The lowest BCUT2D eigenvalue weighted by Crippen LogP contribution is -2.46. The molecular weight excluding hydrogens is 338 g/mol. The summed E-state index contributed by atoms with van der Waals surface area (Å²) in [7, 11) is -3.48. The lowest BCUT2D eigenvalue weighted by molar-refractivity contribution is -0.160. The van der Waals surface area contributed by atoms with Crippen LogP contribution in [0.5, 0.6) is 0 Å². The number of hydrogen-bond acceptors (Lipinski definition) is 5. The summed E-state index contributed by atoms with van der Waals surface area (Å²) in [5, 5.41) is -0.600. The number of sulfone groups is 1. The van der Waals surface area contributed by atoms with Crippen molar-refractivity contribution in [1.82, 2.24) is 4.90 Å². The largest absolute Gasteiger partial charge is 0.462 e. The molecule has 4 rings (SSSR count). The Bertz CT molecular complexity index is 867. The number of fused-ring (bicyclic) bond motifs is 1. The van der Waals surface area contributed by atoms with E-state index in [1.807, 2.05) is 35.2 Å². The standard InChI is InChI=1S/C19H19NO4S/c21-19-17-11-16(25(22,23)15-9-5-2-6-10-15)12-20(17)18(13-24-19)14-7-3-1-4-8-14/h1-10,16-18H,11-13H2/t16-,17-,18+/m0/s1. The minimum atomic E-state index is -3.48. The zero-order chi connectivity index (χ0) is 17.4. The van der Waals surface area contributed by atoms with Crippen molar-refractivity contribution in [3.05, 3.63) is 66.2 Å². The SMILES string of the molecule is O=C1OC[C@H](c2ccccc2)N2C[C@@H](S(=O)(=O)c3ccccc3)C[C@@H]12. The molecule has 2 aromatic rings. The quantitative estimate of drug-likeness (QED) is 0.788. The van der Waals surface area contributed by atoms with Gasteiger partial charge in [-0.25, -0.2) is 8.42 Å². The Hall–Kier alpha value is -2.18. The van der Waals surface area contributed by atoms with Gasteiger partial charge >= 0.3 is 5.97 Å². The van der Waals surface area contributed by atoms with Gasteiger partial charge < -0.3 is 4.74 Å². The number of rotatable bonds is 3. The van der Waals surface area contributed by atoms with Crippen LogP contribution in [0.1, 0.15) is 18.0 Å². The maximum absolute atomic E-state index is 12.9. The summed E-state index contributed by atoms with van der Waals surface area (Å²) in [5.74, 6) is -0.321. The van der Waals surface area contributed by atoms with E-state index in [2.05, 4.69) is 0 Å². The second-order valence-electron chi connectivity index (χ2n) is 6.48. The number of carbonyl (C=O) groups is 1. The van der Waals surface area contributed by atoms with E-state index >= 15 is 0 Å². The number of morpholine rings is 1. The fraction of sp³-hybridized carbons (Fsp3) is 0.316. The Kier molecular flexibility index (Phi) is 4.09. The molecule has 2 aliphatic heterocycles. The molecule has 0 N–H and O–H groups in total. The molecule has 25 heavy (non-hydrogen) atoms. The van der Waals surface area contributed by atoms with Crippen LogP contribution in [0.4, 0.5) is 0 Å². The van der Waals surface area contributed by atoms with Crippen LogP contribution in [-0.2, 0) is 19.4 Å². The molecule has 130 valence electrons. The lowest BCUT2D eigenvalue weighted by atomic mass is 10.0. The van der Waals surface area contributed by atoms with Crippen molar-refractivity contribution in [2.75, 3.05) is 13.2 Å². The molecule has 0 radical (unpaired) electrons. The average molecular weight is 357 g/mol. The van der Waals surface area contributed by atoms with Gasteiger partial charge in [-0.2, -0.15) is 0 Å². The molecule has 0 unspecified atom stereocenters. The Morgan fingerprint density at radius 2 is 1.56 bits per heavy atom. The highest BCUT2D eigenvalue weighted by Gasteiger charge is 2.49. The predicted molar refractivity (Wildman–Crippen MR) is 92.7 cm³/mol. The molecule has 2 saturated heterocycles. The fourth-order valence-corrected chi connectivity index (χ4v) is 5.47. The van der Waals surface area contributed by atoms with Crippen molar-refractivity contribution in [3.8, 4) is 0 Å². The maximum atomic E-state index is 12.9. The average Bonchev–Trinajstić information content (AvgIpc) is 3.11. The number of benzene rings is 2. The summed E-state index contributed by atoms with van der Waals surface area (Å²) in [6.07, 6.45) is 0.277. The highest BCUT2D eigenvalue weighted by atomic mass is 32.2. The van der Waals surface area contributed by atoms with Gasteiger partial charge in [-0.3, -0.25) is 9.69 Å². The molecule has 0 amide bonds. The van der Waals surface area contributed by atoms with Crippen molar-refractivity contribution in [2.24, 2.45) is 0 Å². The third-order valence-electron chi connectivity index (χ3n) is 5.05. The molecule has 3 atom stereocenters. The third-order valence-corrected chi connectivity index (χ3v) is 7.20. The van der Waals surface area contributed by atoms with Gasteiger partial charge in [-0.1, -0.05) is 48.5 Å². The van der Waals surface area contributed by atoms with E-state index in [1.54, 1.807) is 30.3 Å². The number of carbonyl (C=O) groups excluding carboxylic acids is 1. The molecule has 6 heteroatoms. The van der Waals surface area contributed by atoms with Crippen molar-refractivity contribution < 1.29 is 17.9 Å². The highest BCUT2D eigenvalue weighted by Crippen LogP contribution is 2.37. The number of hydrogen-bond donors (Lipinski definition) is 0.